The maximum absolute atomic E-state index is 10.5. The summed E-state index contributed by atoms with van der Waals surface area (Å²) in [6.45, 7) is 1.59. The second-order valence-corrected chi connectivity index (χ2v) is 2.82. The Morgan fingerprint density at radius 1 is 1.75 bits per heavy atom. The molecule has 0 saturated carbocycles. The van der Waals surface area contributed by atoms with Crippen LogP contribution in [0.4, 0.5) is 0 Å². The van der Waals surface area contributed by atoms with Gasteiger partial charge in [0.25, 0.3) is 0 Å². The Labute approximate surface area is 70.9 Å². The zero-order valence-corrected chi connectivity index (χ0v) is 6.82. The number of nitrogens with two attached hydrogens (primary N) is 1. The summed E-state index contributed by atoms with van der Waals surface area (Å²) in [4.78, 5) is 10.5. The van der Waals surface area contributed by atoms with Gasteiger partial charge in [0.05, 0.1) is 12.7 Å². The van der Waals surface area contributed by atoms with Crippen LogP contribution in [-0.4, -0.2) is 42.9 Å². The van der Waals surface area contributed by atoms with E-state index in [0.717, 1.165) is 0 Å². The maximum atomic E-state index is 10.5. The molecule has 1 aliphatic rings. The monoisotopic (exact) mass is 174 g/mol. The molecule has 0 radical (unpaired) electrons. The van der Waals surface area contributed by atoms with E-state index in [-0.39, 0.29) is 6.10 Å². The number of hydrogen-bond donors (Lipinski definition) is 3. The zero-order chi connectivity index (χ0) is 8.97. The van der Waals surface area contributed by atoms with E-state index in [1.165, 1.54) is 0 Å². The number of carbonyl (C=O) groups is 1. The maximum Gasteiger partial charge on any atom is 0.320 e. The van der Waals surface area contributed by atoms with Crippen LogP contribution in [0.15, 0.2) is 0 Å². The first-order chi connectivity index (χ1) is 5.74. The minimum Gasteiger partial charge on any atom is -0.480 e. The van der Waals surface area contributed by atoms with Crippen LogP contribution in [0.3, 0.4) is 0 Å². The summed E-state index contributed by atoms with van der Waals surface area (Å²) in [6, 6.07) is -0.451. The minimum absolute atomic E-state index is 0.00894. The molecule has 0 amide bonds. The van der Waals surface area contributed by atoms with Crippen LogP contribution in [0.2, 0.25) is 0 Å². The van der Waals surface area contributed by atoms with E-state index < -0.39 is 12.0 Å². The molecular formula is C7H14N2O3. The number of carboxylic acid groups (broad SMARTS) is 1. The summed E-state index contributed by atoms with van der Waals surface area (Å²) >= 11 is 0. The molecule has 1 saturated heterocycles. The highest BCUT2D eigenvalue weighted by molar-refractivity contribution is 5.73. The molecule has 0 aromatic heterocycles. The Balaban J connectivity index is 2.21. The lowest BCUT2D eigenvalue weighted by atomic mass is 10.2. The highest BCUT2D eigenvalue weighted by Gasteiger charge is 2.29. The van der Waals surface area contributed by atoms with Crippen LogP contribution >= 0.6 is 0 Å². The zero-order valence-electron chi connectivity index (χ0n) is 6.82. The first kappa shape index (κ1) is 9.44. The van der Waals surface area contributed by atoms with Crippen molar-refractivity contribution >= 4 is 5.97 Å². The molecule has 2 atom stereocenters. The highest BCUT2D eigenvalue weighted by Crippen LogP contribution is 2.09. The van der Waals surface area contributed by atoms with Crippen LogP contribution in [0.5, 0.6) is 0 Å². The van der Waals surface area contributed by atoms with Crippen molar-refractivity contribution in [2.24, 2.45) is 5.73 Å². The molecule has 5 nitrogen and oxygen atoms in total. The number of rotatable bonds is 4. The third kappa shape index (κ3) is 2.44. The summed E-state index contributed by atoms with van der Waals surface area (Å²) in [7, 11) is 0. The largest absolute Gasteiger partial charge is 0.480 e. The van der Waals surface area contributed by atoms with Crippen LogP contribution in [-0.2, 0) is 9.53 Å². The molecule has 1 fully saturated rings. The Morgan fingerprint density at radius 3 is 3.00 bits per heavy atom. The average Bonchev–Trinajstić information content (AvgIpc) is 2.48. The lowest BCUT2D eigenvalue weighted by Gasteiger charge is -2.08. The Morgan fingerprint density at radius 2 is 2.50 bits per heavy atom. The average molecular weight is 174 g/mol. The van der Waals surface area contributed by atoms with Crippen LogP contribution in [0, 0.1) is 0 Å². The van der Waals surface area contributed by atoms with Gasteiger partial charge < -0.3 is 20.9 Å². The summed E-state index contributed by atoms with van der Waals surface area (Å²) in [6.07, 6.45) is 0.546. The Bertz CT molecular complexity index is 163. The molecule has 1 aliphatic heterocycles. The Hall–Kier alpha value is -0.650. The van der Waals surface area contributed by atoms with Crippen molar-refractivity contribution in [2.45, 2.75) is 18.6 Å². The second kappa shape index (κ2) is 4.39. The predicted molar refractivity (Wildman–Crippen MR) is 42.8 cm³/mol. The molecule has 0 spiro atoms. The number of ether oxygens (including phenoxy) is 1. The number of hydrogen-bond acceptors (Lipinski definition) is 4. The van der Waals surface area contributed by atoms with Crippen LogP contribution < -0.4 is 11.1 Å². The van der Waals surface area contributed by atoms with Gasteiger partial charge >= 0.3 is 5.97 Å². The minimum atomic E-state index is -0.811. The van der Waals surface area contributed by atoms with Crippen molar-refractivity contribution in [3.63, 3.8) is 0 Å². The first-order valence-corrected chi connectivity index (χ1v) is 4.02. The molecule has 5 heteroatoms. The lowest BCUT2D eigenvalue weighted by molar-refractivity contribution is -0.139. The van der Waals surface area contributed by atoms with Gasteiger partial charge in [-0.3, -0.25) is 4.79 Å². The summed E-state index contributed by atoms with van der Waals surface area (Å²) in [5.74, 6) is -0.811. The molecule has 0 aromatic rings. The smallest absolute Gasteiger partial charge is 0.320 e. The third-order valence-corrected chi connectivity index (χ3v) is 1.86. The molecule has 70 valence electrons. The van der Waals surface area contributed by atoms with E-state index in [1.54, 1.807) is 0 Å². The molecule has 1 heterocycles. The third-order valence-electron chi connectivity index (χ3n) is 1.86. The van der Waals surface area contributed by atoms with Gasteiger partial charge in [-0.05, 0) is 0 Å². The molecule has 0 aromatic carbocycles. The number of aliphatic carboxylic acids is 1. The standard InChI is InChI=1S/C7H14N2O3/c8-1-2-12-5-3-6(7(10)11)9-4-5/h5-6,9H,1-4,8H2,(H,10,11). The van der Waals surface area contributed by atoms with E-state index in [1.807, 2.05) is 0 Å². The summed E-state index contributed by atoms with van der Waals surface area (Å²) in [5, 5.41) is 11.5. The quantitative estimate of drug-likeness (QED) is 0.497. The van der Waals surface area contributed by atoms with Gasteiger partial charge in [-0.2, -0.15) is 0 Å². The van der Waals surface area contributed by atoms with Gasteiger partial charge in [0.2, 0.25) is 0 Å². The predicted octanol–water partition coefficient (Wildman–Crippen LogP) is -1.22. The second-order valence-electron chi connectivity index (χ2n) is 2.82. The normalized spacial score (nSPS) is 29.1. The number of nitrogens with one attached hydrogen (secondary N) is 1. The van der Waals surface area contributed by atoms with Gasteiger partial charge in [0.15, 0.2) is 0 Å². The van der Waals surface area contributed by atoms with Gasteiger partial charge in [0, 0.05) is 19.5 Å². The van der Waals surface area contributed by atoms with Crippen molar-refractivity contribution < 1.29 is 14.6 Å². The van der Waals surface area contributed by atoms with E-state index in [0.29, 0.717) is 26.1 Å². The molecule has 12 heavy (non-hydrogen) atoms. The van der Waals surface area contributed by atoms with Crippen molar-refractivity contribution in [3.8, 4) is 0 Å². The first-order valence-electron chi connectivity index (χ1n) is 4.02. The molecule has 1 rings (SSSR count). The fourth-order valence-corrected chi connectivity index (χ4v) is 1.25. The highest BCUT2D eigenvalue weighted by atomic mass is 16.5. The fraction of sp³-hybridized carbons (Fsp3) is 0.857. The van der Waals surface area contributed by atoms with Crippen LogP contribution in [0.25, 0.3) is 0 Å². The summed E-state index contributed by atoms with van der Waals surface area (Å²) < 4.78 is 5.28. The molecule has 0 bridgehead atoms. The molecular weight excluding hydrogens is 160 g/mol. The van der Waals surface area contributed by atoms with E-state index in [2.05, 4.69) is 5.32 Å². The molecule has 4 N–H and O–H groups in total. The SMILES string of the molecule is NCCOC1CNC(C(=O)O)C1. The topological polar surface area (TPSA) is 84.6 Å². The lowest BCUT2D eigenvalue weighted by Crippen LogP contribution is -2.30. The van der Waals surface area contributed by atoms with E-state index in [9.17, 15) is 4.79 Å². The van der Waals surface area contributed by atoms with Crippen molar-refractivity contribution in [1.82, 2.24) is 5.32 Å². The van der Waals surface area contributed by atoms with Crippen LogP contribution in [0.1, 0.15) is 6.42 Å². The van der Waals surface area contributed by atoms with Crippen molar-refractivity contribution in [1.29, 1.82) is 0 Å². The molecule has 0 aliphatic carbocycles. The van der Waals surface area contributed by atoms with Crippen molar-refractivity contribution in [3.05, 3.63) is 0 Å². The van der Waals surface area contributed by atoms with E-state index in [4.69, 9.17) is 15.6 Å². The fourth-order valence-electron chi connectivity index (χ4n) is 1.25. The molecule has 2 unspecified atom stereocenters. The van der Waals surface area contributed by atoms with Crippen molar-refractivity contribution in [2.75, 3.05) is 19.7 Å². The Kier molecular flexibility index (Phi) is 3.46. The van der Waals surface area contributed by atoms with Gasteiger partial charge in [-0.1, -0.05) is 0 Å². The van der Waals surface area contributed by atoms with Gasteiger partial charge in [0.1, 0.15) is 6.04 Å². The van der Waals surface area contributed by atoms with Gasteiger partial charge in [-0.15, -0.1) is 0 Å². The van der Waals surface area contributed by atoms with Gasteiger partial charge in [-0.25, -0.2) is 0 Å². The number of carboxylic acids is 1. The summed E-state index contributed by atoms with van der Waals surface area (Å²) in [5.41, 5.74) is 5.24. The van der Waals surface area contributed by atoms with E-state index >= 15 is 0 Å².